The molecule has 4 heteroatoms. The molecule has 1 aliphatic rings. The van der Waals surface area contributed by atoms with Gasteiger partial charge in [-0.3, -0.25) is 0 Å². The highest BCUT2D eigenvalue weighted by Crippen LogP contribution is 2.45. The summed E-state index contributed by atoms with van der Waals surface area (Å²) in [6.07, 6.45) is 5.82. The molecule has 1 aliphatic carbocycles. The van der Waals surface area contributed by atoms with Crippen LogP contribution in [0.3, 0.4) is 0 Å². The Kier molecular flexibility index (Phi) is 3.24. The highest BCUT2D eigenvalue weighted by atomic mass is 19.1. The van der Waals surface area contributed by atoms with E-state index in [-0.39, 0.29) is 11.2 Å². The minimum Gasteiger partial charge on any atom is -0.380 e. The maximum atomic E-state index is 13.1. The van der Waals surface area contributed by atoms with E-state index >= 15 is 0 Å². The van der Waals surface area contributed by atoms with Gasteiger partial charge in [0.05, 0.1) is 5.56 Å². The van der Waals surface area contributed by atoms with Gasteiger partial charge in [-0.25, -0.2) is 4.39 Å². The lowest BCUT2D eigenvalue weighted by molar-refractivity contribution is 0.242. The van der Waals surface area contributed by atoms with Gasteiger partial charge in [0.2, 0.25) is 0 Å². The average Bonchev–Trinajstić information content (AvgIpc) is 2.83. The van der Waals surface area contributed by atoms with Crippen LogP contribution in [0, 0.1) is 5.82 Å². The summed E-state index contributed by atoms with van der Waals surface area (Å²) >= 11 is 0. The fourth-order valence-electron chi connectivity index (χ4n) is 3.17. The van der Waals surface area contributed by atoms with Crippen molar-refractivity contribution in [3.8, 4) is 11.1 Å². The molecule has 2 N–H and O–H groups in total. The number of nitrogens with two attached hydrogens (primary N) is 1. The molecule has 0 unspecified atom stereocenters. The summed E-state index contributed by atoms with van der Waals surface area (Å²) < 4.78 is 18.6. The maximum Gasteiger partial charge on any atom is 0.175 e. The Morgan fingerprint density at radius 1 is 1.15 bits per heavy atom. The van der Waals surface area contributed by atoms with Crippen molar-refractivity contribution in [3.05, 3.63) is 35.8 Å². The third kappa shape index (κ3) is 2.19. The molecular weight excluding hydrogens is 255 g/mol. The smallest absolute Gasteiger partial charge is 0.175 e. The Balaban J connectivity index is 2.07. The summed E-state index contributed by atoms with van der Waals surface area (Å²) in [5.74, 6) is 0.980. The number of aromatic nitrogens is 1. The second-order valence-electron chi connectivity index (χ2n) is 5.90. The van der Waals surface area contributed by atoms with E-state index in [1.54, 1.807) is 12.1 Å². The Labute approximate surface area is 118 Å². The molecule has 0 bridgehead atoms. The third-order valence-corrected chi connectivity index (χ3v) is 4.36. The predicted molar refractivity (Wildman–Crippen MR) is 76.7 cm³/mol. The Hall–Kier alpha value is -1.84. The number of halogens is 1. The van der Waals surface area contributed by atoms with Crippen LogP contribution < -0.4 is 5.73 Å². The summed E-state index contributed by atoms with van der Waals surface area (Å²) in [4.78, 5) is 0. The molecular formula is C16H19FN2O. The van der Waals surface area contributed by atoms with E-state index in [9.17, 15) is 4.39 Å². The highest BCUT2D eigenvalue weighted by Gasteiger charge is 2.36. The molecule has 3 nitrogen and oxygen atoms in total. The zero-order valence-corrected chi connectivity index (χ0v) is 11.7. The zero-order chi connectivity index (χ0) is 14.2. The average molecular weight is 274 g/mol. The zero-order valence-electron chi connectivity index (χ0n) is 11.7. The first kappa shape index (κ1) is 13.2. The molecule has 0 amide bonds. The molecule has 2 aromatic rings. The van der Waals surface area contributed by atoms with Gasteiger partial charge < -0.3 is 10.3 Å². The minimum absolute atomic E-state index is 0.0212. The lowest BCUT2D eigenvalue weighted by atomic mass is 9.72. The van der Waals surface area contributed by atoms with Crippen molar-refractivity contribution in [2.45, 2.75) is 44.4 Å². The van der Waals surface area contributed by atoms with Crippen molar-refractivity contribution in [2.24, 2.45) is 0 Å². The van der Waals surface area contributed by atoms with E-state index in [2.05, 4.69) is 12.1 Å². The van der Waals surface area contributed by atoms with Crippen LogP contribution in [0.15, 0.2) is 28.8 Å². The molecule has 1 aromatic heterocycles. The van der Waals surface area contributed by atoms with Crippen molar-refractivity contribution < 1.29 is 8.91 Å². The molecule has 0 saturated heterocycles. The highest BCUT2D eigenvalue weighted by molar-refractivity contribution is 5.76. The first-order valence-electron chi connectivity index (χ1n) is 7.12. The second kappa shape index (κ2) is 4.93. The van der Waals surface area contributed by atoms with Crippen molar-refractivity contribution in [2.75, 3.05) is 5.73 Å². The Morgan fingerprint density at radius 3 is 2.45 bits per heavy atom. The van der Waals surface area contributed by atoms with Gasteiger partial charge in [0.1, 0.15) is 5.82 Å². The summed E-state index contributed by atoms with van der Waals surface area (Å²) in [6, 6.07) is 6.34. The maximum absolute atomic E-state index is 13.1. The van der Waals surface area contributed by atoms with Crippen LogP contribution in [-0.4, -0.2) is 5.16 Å². The van der Waals surface area contributed by atoms with E-state index < -0.39 is 0 Å². The molecule has 106 valence electrons. The van der Waals surface area contributed by atoms with Gasteiger partial charge >= 0.3 is 0 Å². The number of nitrogen functional groups attached to an aromatic ring is 1. The van der Waals surface area contributed by atoms with Crippen LogP contribution in [-0.2, 0) is 5.41 Å². The SMILES string of the molecule is CC1(c2onc(N)c2-c2ccc(F)cc2)CCCCC1. The molecule has 0 spiro atoms. The molecule has 1 saturated carbocycles. The number of benzene rings is 1. The first-order chi connectivity index (χ1) is 9.60. The van der Waals surface area contributed by atoms with Crippen molar-refractivity contribution in [3.63, 3.8) is 0 Å². The standard InChI is InChI=1S/C16H19FN2O/c1-16(9-3-2-4-10-16)14-13(15(18)19-20-14)11-5-7-12(17)8-6-11/h5-8H,2-4,9-10H2,1H3,(H2,18,19). The number of anilines is 1. The molecule has 0 radical (unpaired) electrons. The molecule has 1 fully saturated rings. The second-order valence-corrected chi connectivity index (χ2v) is 5.90. The van der Waals surface area contributed by atoms with E-state index in [0.717, 1.165) is 29.7 Å². The monoisotopic (exact) mass is 274 g/mol. The van der Waals surface area contributed by atoms with Crippen molar-refractivity contribution in [1.82, 2.24) is 5.16 Å². The van der Waals surface area contributed by atoms with Crippen LogP contribution in [0.4, 0.5) is 10.2 Å². The van der Waals surface area contributed by atoms with E-state index in [1.165, 1.54) is 31.4 Å². The minimum atomic E-state index is -0.255. The Bertz CT molecular complexity index is 597. The molecule has 20 heavy (non-hydrogen) atoms. The summed E-state index contributed by atoms with van der Waals surface area (Å²) in [5.41, 5.74) is 7.65. The van der Waals surface area contributed by atoms with Crippen LogP contribution in [0.25, 0.3) is 11.1 Å². The van der Waals surface area contributed by atoms with Gasteiger partial charge in [-0.2, -0.15) is 0 Å². The number of rotatable bonds is 2. The van der Waals surface area contributed by atoms with Crippen LogP contribution in [0.5, 0.6) is 0 Å². The normalized spacial score (nSPS) is 18.1. The Morgan fingerprint density at radius 2 is 1.80 bits per heavy atom. The van der Waals surface area contributed by atoms with Gasteiger partial charge in [0.25, 0.3) is 0 Å². The first-order valence-corrected chi connectivity index (χ1v) is 7.12. The molecule has 3 rings (SSSR count). The molecule has 1 heterocycles. The van der Waals surface area contributed by atoms with Gasteiger partial charge in [-0.1, -0.05) is 43.5 Å². The third-order valence-electron chi connectivity index (χ3n) is 4.36. The summed E-state index contributed by atoms with van der Waals surface area (Å²) in [6.45, 7) is 2.21. The van der Waals surface area contributed by atoms with Crippen LogP contribution in [0.1, 0.15) is 44.8 Å². The number of hydrogen-bond donors (Lipinski definition) is 1. The topological polar surface area (TPSA) is 52.0 Å². The molecule has 0 atom stereocenters. The number of hydrogen-bond acceptors (Lipinski definition) is 3. The lowest BCUT2D eigenvalue weighted by Gasteiger charge is -2.31. The van der Waals surface area contributed by atoms with E-state index in [1.807, 2.05) is 0 Å². The van der Waals surface area contributed by atoms with E-state index in [4.69, 9.17) is 10.3 Å². The van der Waals surface area contributed by atoms with Crippen molar-refractivity contribution >= 4 is 5.82 Å². The summed E-state index contributed by atoms with van der Waals surface area (Å²) in [7, 11) is 0. The predicted octanol–water partition coefficient (Wildman–Crippen LogP) is 4.28. The molecule has 0 aliphatic heterocycles. The van der Waals surface area contributed by atoms with Crippen LogP contribution in [0.2, 0.25) is 0 Å². The largest absolute Gasteiger partial charge is 0.380 e. The van der Waals surface area contributed by atoms with Gasteiger partial charge in [-0.05, 0) is 30.5 Å². The number of nitrogens with zero attached hydrogens (tertiary/aromatic N) is 1. The molecule has 1 aromatic carbocycles. The summed E-state index contributed by atoms with van der Waals surface area (Å²) in [5, 5.41) is 3.94. The van der Waals surface area contributed by atoms with Gasteiger partial charge in [0, 0.05) is 5.41 Å². The van der Waals surface area contributed by atoms with Gasteiger partial charge in [0.15, 0.2) is 11.6 Å². The fourth-order valence-corrected chi connectivity index (χ4v) is 3.17. The lowest BCUT2D eigenvalue weighted by Crippen LogP contribution is -2.25. The van der Waals surface area contributed by atoms with E-state index in [0.29, 0.717) is 5.82 Å². The van der Waals surface area contributed by atoms with Crippen molar-refractivity contribution in [1.29, 1.82) is 0 Å². The quantitative estimate of drug-likeness (QED) is 0.889. The van der Waals surface area contributed by atoms with Crippen LogP contribution >= 0.6 is 0 Å². The fraction of sp³-hybridized carbons (Fsp3) is 0.438. The van der Waals surface area contributed by atoms with Gasteiger partial charge in [-0.15, -0.1) is 0 Å².